The van der Waals surface area contributed by atoms with Crippen molar-refractivity contribution >= 4 is 11.9 Å². The molecule has 9 nitrogen and oxygen atoms in total. The fourth-order valence-electron chi connectivity index (χ4n) is 4.15. The molecule has 0 bridgehead atoms. The molecule has 0 aliphatic carbocycles. The van der Waals surface area contributed by atoms with E-state index >= 15 is 0 Å². The van der Waals surface area contributed by atoms with Crippen LogP contribution in [0, 0.1) is 0 Å². The van der Waals surface area contributed by atoms with Gasteiger partial charge in [-0.15, -0.1) is 0 Å². The Bertz CT molecular complexity index is 1240. The quantitative estimate of drug-likeness (QED) is 0.148. The Labute approximate surface area is 245 Å². The van der Waals surface area contributed by atoms with Crippen molar-refractivity contribution in [1.29, 1.82) is 0 Å². The summed E-state index contributed by atoms with van der Waals surface area (Å²) in [5.41, 5.74) is 2.40. The van der Waals surface area contributed by atoms with Gasteiger partial charge in [0.2, 0.25) is 0 Å². The summed E-state index contributed by atoms with van der Waals surface area (Å²) in [4.78, 5) is 22.4. The van der Waals surface area contributed by atoms with Crippen molar-refractivity contribution in [3.8, 4) is 17.2 Å². The summed E-state index contributed by atoms with van der Waals surface area (Å²) in [6.07, 6.45) is 0.0943. The summed E-state index contributed by atoms with van der Waals surface area (Å²) >= 11 is 0. The van der Waals surface area contributed by atoms with Crippen LogP contribution in [0.25, 0.3) is 0 Å². The molecule has 3 aromatic carbocycles. The Morgan fingerprint density at radius 3 is 1.31 bits per heavy atom. The molecule has 0 amide bonds. The highest BCUT2D eigenvalue weighted by molar-refractivity contribution is 5.81. The molecule has 0 aliphatic rings. The predicted octanol–water partition coefficient (Wildman–Crippen LogP) is 3.99. The van der Waals surface area contributed by atoms with Crippen LogP contribution in [0.5, 0.6) is 17.2 Å². The minimum absolute atomic E-state index is 0.0492. The number of carbonyl (C=O) groups excluding carboxylic acids is 2. The highest BCUT2D eigenvalue weighted by atomic mass is 16.6. The van der Waals surface area contributed by atoms with Gasteiger partial charge in [-0.2, -0.15) is 0 Å². The molecule has 0 heterocycles. The fourth-order valence-corrected chi connectivity index (χ4v) is 4.15. The Hall–Kier alpha value is -4.60. The van der Waals surface area contributed by atoms with E-state index in [0.717, 1.165) is 34.6 Å². The SMILES string of the molecule is C=CC(=O)OCC(O)COc1ccc(C(C)(c2ccc(OC)cc2)c2ccc(OCC(O)COC(=O)C=C)cc2)cc1. The van der Waals surface area contributed by atoms with Gasteiger partial charge in [-0.3, -0.25) is 0 Å². The first-order valence-electron chi connectivity index (χ1n) is 13.2. The molecule has 2 unspecified atom stereocenters. The first-order valence-corrected chi connectivity index (χ1v) is 13.2. The molecule has 0 radical (unpaired) electrons. The second-order valence-electron chi connectivity index (χ2n) is 9.50. The van der Waals surface area contributed by atoms with Gasteiger partial charge in [-0.25, -0.2) is 9.59 Å². The number of carbonyl (C=O) groups is 2. The molecule has 0 spiro atoms. The Balaban J connectivity index is 1.77. The smallest absolute Gasteiger partial charge is 0.330 e. The van der Waals surface area contributed by atoms with E-state index < -0.39 is 29.6 Å². The van der Waals surface area contributed by atoms with Gasteiger partial charge in [-0.05, 0) is 60.0 Å². The number of hydrogen-bond acceptors (Lipinski definition) is 9. The second kappa shape index (κ2) is 15.4. The highest BCUT2D eigenvalue weighted by Gasteiger charge is 2.31. The van der Waals surface area contributed by atoms with Crippen LogP contribution in [0.15, 0.2) is 98.1 Å². The molecule has 0 saturated carbocycles. The molecule has 3 rings (SSSR count). The van der Waals surface area contributed by atoms with Gasteiger partial charge in [0.1, 0.15) is 55.9 Å². The molecule has 0 fully saturated rings. The molecule has 42 heavy (non-hydrogen) atoms. The van der Waals surface area contributed by atoms with Crippen LogP contribution in [0.4, 0.5) is 0 Å². The average Bonchev–Trinajstić information content (AvgIpc) is 3.04. The summed E-state index contributed by atoms with van der Waals surface area (Å²) in [5.74, 6) is 0.611. The third-order valence-electron chi connectivity index (χ3n) is 6.58. The van der Waals surface area contributed by atoms with Crippen molar-refractivity contribution in [3.63, 3.8) is 0 Å². The Morgan fingerprint density at radius 1 is 0.667 bits per heavy atom. The monoisotopic (exact) mass is 576 g/mol. The first kappa shape index (κ1) is 31.9. The number of ether oxygens (including phenoxy) is 5. The maximum absolute atomic E-state index is 11.2. The second-order valence-corrected chi connectivity index (χ2v) is 9.50. The highest BCUT2D eigenvalue weighted by Crippen LogP contribution is 2.40. The van der Waals surface area contributed by atoms with Crippen molar-refractivity contribution in [2.75, 3.05) is 33.5 Å². The lowest BCUT2D eigenvalue weighted by Crippen LogP contribution is -2.26. The molecule has 2 N–H and O–H groups in total. The van der Waals surface area contributed by atoms with Gasteiger partial charge in [0.15, 0.2) is 0 Å². The minimum Gasteiger partial charge on any atom is -0.497 e. The molecule has 0 aromatic heterocycles. The van der Waals surface area contributed by atoms with Crippen LogP contribution in [0.2, 0.25) is 0 Å². The molecule has 0 aliphatic heterocycles. The van der Waals surface area contributed by atoms with Gasteiger partial charge < -0.3 is 33.9 Å². The summed E-state index contributed by atoms with van der Waals surface area (Å²) in [6.45, 7) is 8.26. The number of rotatable bonds is 16. The molecular weight excluding hydrogens is 540 g/mol. The first-order chi connectivity index (χ1) is 20.2. The lowest BCUT2D eigenvalue weighted by atomic mass is 9.71. The summed E-state index contributed by atoms with van der Waals surface area (Å²) in [5, 5.41) is 20.1. The largest absolute Gasteiger partial charge is 0.497 e. The van der Waals surface area contributed by atoms with Crippen LogP contribution in [-0.2, 0) is 24.5 Å². The van der Waals surface area contributed by atoms with Crippen molar-refractivity contribution in [3.05, 3.63) is 115 Å². The Morgan fingerprint density at radius 2 is 1.00 bits per heavy atom. The fraction of sp³-hybridized carbons (Fsp3) is 0.273. The molecule has 222 valence electrons. The van der Waals surface area contributed by atoms with Gasteiger partial charge in [0.05, 0.1) is 7.11 Å². The van der Waals surface area contributed by atoms with Gasteiger partial charge in [-0.1, -0.05) is 49.6 Å². The van der Waals surface area contributed by atoms with E-state index in [1.165, 1.54) is 0 Å². The number of methoxy groups -OCH3 is 1. The zero-order valence-corrected chi connectivity index (χ0v) is 23.7. The Kier molecular flexibility index (Phi) is 11.7. The van der Waals surface area contributed by atoms with Gasteiger partial charge in [0.25, 0.3) is 0 Å². The van der Waals surface area contributed by atoms with E-state index in [4.69, 9.17) is 23.7 Å². The normalized spacial score (nSPS) is 13.5. The lowest BCUT2D eigenvalue weighted by molar-refractivity contribution is -0.142. The number of esters is 2. The van der Waals surface area contributed by atoms with E-state index in [0.29, 0.717) is 11.5 Å². The molecular formula is C33H36O9. The van der Waals surface area contributed by atoms with Crippen molar-refractivity contribution < 1.29 is 43.5 Å². The maximum atomic E-state index is 11.2. The standard InChI is InChI=1S/C33H36O9/c1-5-31(36)41-21-26(34)19-39-29-15-9-24(10-16-29)33(3,23-7-13-28(38-4)14-8-23)25-11-17-30(18-12-25)40-20-27(35)22-42-32(37)6-2/h5-18,26-27,34-35H,1-2,19-22H2,3-4H3. The molecule has 2 atom stereocenters. The molecule has 9 heteroatoms. The van der Waals surface area contributed by atoms with Crippen molar-refractivity contribution in [2.24, 2.45) is 0 Å². The van der Waals surface area contributed by atoms with Crippen molar-refractivity contribution in [2.45, 2.75) is 24.5 Å². The number of hydrogen-bond donors (Lipinski definition) is 2. The van der Waals surface area contributed by atoms with Gasteiger partial charge >= 0.3 is 11.9 Å². The van der Waals surface area contributed by atoms with Crippen LogP contribution < -0.4 is 14.2 Å². The topological polar surface area (TPSA) is 121 Å². The zero-order chi connectivity index (χ0) is 30.5. The third kappa shape index (κ3) is 8.70. The number of aliphatic hydroxyl groups excluding tert-OH is 2. The van der Waals surface area contributed by atoms with Gasteiger partial charge in [0, 0.05) is 17.6 Å². The summed E-state index contributed by atoms with van der Waals surface area (Å²) in [7, 11) is 1.62. The van der Waals surface area contributed by atoms with E-state index in [1.54, 1.807) is 7.11 Å². The minimum atomic E-state index is -0.984. The van der Waals surface area contributed by atoms with E-state index in [9.17, 15) is 19.8 Å². The number of benzene rings is 3. The van der Waals surface area contributed by atoms with E-state index in [2.05, 4.69) is 20.1 Å². The van der Waals surface area contributed by atoms with Crippen molar-refractivity contribution in [1.82, 2.24) is 0 Å². The number of aliphatic hydroxyl groups is 2. The zero-order valence-electron chi connectivity index (χ0n) is 23.7. The van der Waals surface area contributed by atoms with Crippen LogP contribution in [0.1, 0.15) is 23.6 Å². The lowest BCUT2D eigenvalue weighted by Gasteiger charge is -2.32. The van der Waals surface area contributed by atoms with Crippen LogP contribution in [-0.4, -0.2) is 67.9 Å². The van der Waals surface area contributed by atoms with E-state index in [-0.39, 0.29) is 26.4 Å². The maximum Gasteiger partial charge on any atom is 0.330 e. The molecule has 0 saturated heterocycles. The predicted molar refractivity (Wildman–Crippen MR) is 157 cm³/mol. The molecule has 3 aromatic rings. The van der Waals surface area contributed by atoms with E-state index in [1.807, 2.05) is 72.8 Å². The van der Waals surface area contributed by atoms with Crippen LogP contribution >= 0.6 is 0 Å². The third-order valence-corrected chi connectivity index (χ3v) is 6.58. The summed E-state index contributed by atoms with van der Waals surface area (Å²) in [6, 6.07) is 22.9. The van der Waals surface area contributed by atoms with Crippen LogP contribution in [0.3, 0.4) is 0 Å². The summed E-state index contributed by atoms with van der Waals surface area (Å²) < 4.78 is 26.4. The average molecular weight is 577 g/mol.